The molecule has 1 atom stereocenters. The fourth-order valence-electron chi connectivity index (χ4n) is 3.17. The predicted molar refractivity (Wildman–Crippen MR) is 104 cm³/mol. The highest BCUT2D eigenvalue weighted by atomic mass is 16.6. The van der Waals surface area contributed by atoms with Crippen LogP contribution in [-0.2, 0) is 4.74 Å². The maximum absolute atomic E-state index is 12.0. The highest BCUT2D eigenvalue weighted by Crippen LogP contribution is 2.28. The number of rotatable bonds is 3. The van der Waals surface area contributed by atoms with Crippen molar-refractivity contribution in [3.63, 3.8) is 0 Å². The van der Waals surface area contributed by atoms with E-state index >= 15 is 0 Å². The summed E-state index contributed by atoms with van der Waals surface area (Å²) in [6.45, 7) is 9.04. The second kappa shape index (κ2) is 6.97. The summed E-state index contributed by atoms with van der Waals surface area (Å²) in [5, 5.41) is 7.12. The lowest BCUT2D eigenvalue weighted by Gasteiger charge is -2.22. The second-order valence-electron chi connectivity index (χ2n) is 7.65. The fourth-order valence-corrected chi connectivity index (χ4v) is 3.17. The Morgan fingerprint density at radius 1 is 1.31 bits per heavy atom. The van der Waals surface area contributed by atoms with Gasteiger partial charge in [-0.05, 0) is 52.3 Å². The summed E-state index contributed by atoms with van der Waals surface area (Å²) in [5.74, 6) is 1.66. The number of benzene rings is 1. The zero-order chi connectivity index (χ0) is 18.9. The molecule has 0 aliphatic carbocycles. The molecule has 2 aromatic rings. The smallest absolute Gasteiger partial charge is 0.407 e. The maximum atomic E-state index is 12.0. The van der Waals surface area contributed by atoms with Gasteiger partial charge < -0.3 is 20.3 Å². The molecule has 0 bridgehead atoms. The summed E-state index contributed by atoms with van der Waals surface area (Å²) in [4.78, 5) is 23.4. The number of nitrogens with zero attached hydrogens (tertiary/aromatic N) is 3. The lowest BCUT2D eigenvalue weighted by atomic mass is 10.2. The lowest BCUT2D eigenvalue weighted by Crippen LogP contribution is -2.40. The number of fused-ring (bicyclic) bond motifs is 1. The molecule has 140 valence electrons. The standard InChI is InChI=1S/C19H27N5O2/c1-12-21-16-10-13(20-5)6-7-15(16)17(22-12)24-9-8-14(11-24)23-18(25)26-19(2,3)4/h6-7,10,14,20H,8-9,11H2,1-5H3,(H,23,25)/t14-/m1/s1. The molecule has 1 fully saturated rings. The molecular formula is C19H27N5O2. The number of nitrogens with one attached hydrogen (secondary N) is 2. The third kappa shape index (κ3) is 4.15. The van der Waals surface area contributed by atoms with E-state index in [1.807, 2.05) is 52.9 Å². The van der Waals surface area contributed by atoms with E-state index in [4.69, 9.17) is 4.74 Å². The average molecular weight is 357 g/mol. The third-order valence-electron chi connectivity index (χ3n) is 4.29. The van der Waals surface area contributed by atoms with Crippen molar-refractivity contribution in [2.75, 3.05) is 30.4 Å². The molecule has 1 amide bonds. The molecule has 1 aromatic heterocycles. The van der Waals surface area contributed by atoms with Gasteiger partial charge in [0.25, 0.3) is 0 Å². The summed E-state index contributed by atoms with van der Waals surface area (Å²) in [7, 11) is 1.89. The Labute approximate surface area is 154 Å². The van der Waals surface area contributed by atoms with E-state index in [0.29, 0.717) is 6.54 Å². The lowest BCUT2D eigenvalue weighted by molar-refractivity contribution is 0.0509. The number of anilines is 2. The van der Waals surface area contributed by atoms with Crippen molar-refractivity contribution < 1.29 is 9.53 Å². The molecule has 7 heteroatoms. The number of alkyl carbamates (subject to hydrolysis) is 1. The van der Waals surface area contributed by atoms with Gasteiger partial charge >= 0.3 is 6.09 Å². The molecular weight excluding hydrogens is 330 g/mol. The van der Waals surface area contributed by atoms with Gasteiger partial charge in [-0.25, -0.2) is 14.8 Å². The van der Waals surface area contributed by atoms with Crippen molar-refractivity contribution in [3.05, 3.63) is 24.0 Å². The van der Waals surface area contributed by atoms with E-state index in [2.05, 4.69) is 25.5 Å². The van der Waals surface area contributed by atoms with E-state index in [-0.39, 0.29) is 12.1 Å². The fraction of sp³-hybridized carbons (Fsp3) is 0.526. The molecule has 1 saturated heterocycles. The first-order chi connectivity index (χ1) is 12.2. The van der Waals surface area contributed by atoms with Gasteiger partial charge in [0, 0.05) is 31.2 Å². The highest BCUT2D eigenvalue weighted by molar-refractivity contribution is 5.91. The van der Waals surface area contributed by atoms with Gasteiger partial charge in [-0.1, -0.05) is 0 Å². The van der Waals surface area contributed by atoms with Crippen molar-refractivity contribution in [1.82, 2.24) is 15.3 Å². The van der Waals surface area contributed by atoms with Crippen LogP contribution in [-0.4, -0.2) is 47.8 Å². The number of ether oxygens (including phenoxy) is 1. The van der Waals surface area contributed by atoms with Crippen LogP contribution in [0, 0.1) is 6.92 Å². The molecule has 0 saturated carbocycles. The summed E-state index contributed by atoms with van der Waals surface area (Å²) in [5.41, 5.74) is 1.45. The number of carbonyl (C=O) groups is 1. The summed E-state index contributed by atoms with van der Waals surface area (Å²) >= 11 is 0. The summed E-state index contributed by atoms with van der Waals surface area (Å²) in [6, 6.07) is 6.15. The van der Waals surface area contributed by atoms with Crippen LogP contribution in [0.3, 0.4) is 0 Å². The first-order valence-corrected chi connectivity index (χ1v) is 8.96. The molecule has 1 aliphatic rings. The van der Waals surface area contributed by atoms with Crippen LogP contribution in [0.15, 0.2) is 18.2 Å². The van der Waals surface area contributed by atoms with Gasteiger partial charge in [0.1, 0.15) is 17.2 Å². The van der Waals surface area contributed by atoms with E-state index < -0.39 is 5.60 Å². The van der Waals surface area contributed by atoms with Crippen molar-refractivity contribution in [1.29, 1.82) is 0 Å². The summed E-state index contributed by atoms with van der Waals surface area (Å²) < 4.78 is 5.35. The molecule has 1 aliphatic heterocycles. The first kappa shape index (κ1) is 18.2. The Bertz CT molecular complexity index is 815. The minimum Gasteiger partial charge on any atom is -0.444 e. The molecule has 2 heterocycles. The molecule has 0 radical (unpaired) electrons. The van der Waals surface area contributed by atoms with Crippen molar-refractivity contribution in [2.45, 2.75) is 45.8 Å². The van der Waals surface area contributed by atoms with Crippen molar-refractivity contribution >= 4 is 28.5 Å². The van der Waals surface area contributed by atoms with Gasteiger partial charge in [0.15, 0.2) is 0 Å². The minimum absolute atomic E-state index is 0.0479. The maximum Gasteiger partial charge on any atom is 0.407 e. The van der Waals surface area contributed by atoms with Crippen molar-refractivity contribution in [2.24, 2.45) is 0 Å². The van der Waals surface area contributed by atoms with Crippen LogP contribution in [0.5, 0.6) is 0 Å². The number of carbonyl (C=O) groups excluding carboxylic acids is 1. The van der Waals surface area contributed by atoms with Gasteiger partial charge in [-0.2, -0.15) is 0 Å². The predicted octanol–water partition coefficient (Wildman–Crippen LogP) is 3.08. The molecule has 0 unspecified atom stereocenters. The Morgan fingerprint density at radius 3 is 2.77 bits per heavy atom. The Hall–Kier alpha value is -2.57. The Morgan fingerprint density at radius 2 is 2.08 bits per heavy atom. The van der Waals surface area contributed by atoms with Gasteiger partial charge in [-0.15, -0.1) is 0 Å². The number of aromatic nitrogens is 2. The van der Waals surface area contributed by atoms with E-state index in [9.17, 15) is 4.79 Å². The molecule has 26 heavy (non-hydrogen) atoms. The number of aryl methyl sites for hydroxylation is 1. The number of amides is 1. The van der Waals surface area contributed by atoms with E-state index in [1.165, 1.54) is 0 Å². The Balaban J connectivity index is 1.77. The van der Waals surface area contributed by atoms with Crippen LogP contribution in [0.2, 0.25) is 0 Å². The zero-order valence-corrected chi connectivity index (χ0v) is 16.1. The number of hydrogen-bond acceptors (Lipinski definition) is 6. The molecule has 7 nitrogen and oxygen atoms in total. The quantitative estimate of drug-likeness (QED) is 0.879. The van der Waals surface area contributed by atoms with Crippen LogP contribution in [0.25, 0.3) is 10.9 Å². The van der Waals surface area contributed by atoms with Crippen LogP contribution >= 0.6 is 0 Å². The average Bonchev–Trinajstić information content (AvgIpc) is 2.99. The SMILES string of the molecule is CNc1ccc2c(N3CC[C@@H](NC(=O)OC(C)(C)C)C3)nc(C)nc2c1. The van der Waals surface area contributed by atoms with Crippen LogP contribution < -0.4 is 15.5 Å². The topological polar surface area (TPSA) is 79.4 Å². The molecule has 3 rings (SSSR count). The normalized spacial score (nSPS) is 17.4. The largest absolute Gasteiger partial charge is 0.444 e. The number of hydrogen-bond donors (Lipinski definition) is 2. The van der Waals surface area contributed by atoms with E-state index in [0.717, 1.165) is 41.2 Å². The third-order valence-corrected chi connectivity index (χ3v) is 4.29. The van der Waals surface area contributed by atoms with Crippen LogP contribution in [0.4, 0.5) is 16.3 Å². The molecule has 2 N–H and O–H groups in total. The molecule has 1 aromatic carbocycles. The van der Waals surface area contributed by atoms with Gasteiger partial charge in [0.2, 0.25) is 0 Å². The molecule has 0 spiro atoms. The Kier molecular flexibility index (Phi) is 4.89. The van der Waals surface area contributed by atoms with Gasteiger partial charge in [0.05, 0.1) is 11.6 Å². The van der Waals surface area contributed by atoms with E-state index in [1.54, 1.807) is 0 Å². The first-order valence-electron chi connectivity index (χ1n) is 8.96. The van der Waals surface area contributed by atoms with Crippen molar-refractivity contribution in [3.8, 4) is 0 Å². The zero-order valence-electron chi connectivity index (χ0n) is 16.1. The van der Waals surface area contributed by atoms with Gasteiger partial charge in [-0.3, -0.25) is 0 Å². The minimum atomic E-state index is -0.493. The monoisotopic (exact) mass is 357 g/mol. The summed E-state index contributed by atoms with van der Waals surface area (Å²) in [6.07, 6.45) is 0.491. The second-order valence-corrected chi connectivity index (χ2v) is 7.65. The highest BCUT2D eigenvalue weighted by Gasteiger charge is 2.28. The van der Waals surface area contributed by atoms with Crippen LogP contribution in [0.1, 0.15) is 33.0 Å².